The molecule has 134 valence electrons. The van der Waals surface area contributed by atoms with Crippen molar-refractivity contribution in [2.24, 2.45) is 0 Å². The molecule has 0 saturated heterocycles. The van der Waals surface area contributed by atoms with Crippen LogP contribution in [0.1, 0.15) is 22.0 Å². The Bertz CT molecular complexity index is 1080. The van der Waals surface area contributed by atoms with Gasteiger partial charge in [0.1, 0.15) is 18.2 Å². The van der Waals surface area contributed by atoms with Gasteiger partial charge in [-0.3, -0.25) is 4.79 Å². The molecule has 6 nitrogen and oxygen atoms in total. The first kappa shape index (κ1) is 16.8. The lowest BCUT2D eigenvalue weighted by atomic mass is 9.97. The van der Waals surface area contributed by atoms with Crippen molar-refractivity contribution in [1.29, 1.82) is 0 Å². The van der Waals surface area contributed by atoms with Gasteiger partial charge in [-0.1, -0.05) is 48.5 Å². The lowest BCUT2D eigenvalue weighted by Gasteiger charge is -2.18. The van der Waals surface area contributed by atoms with Gasteiger partial charge in [0.25, 0.3) is 0 Å². The number of H-pyrrole nitrogens is 1. The summed E-state index contributed by atoms with van der Waals surface area (Å²) in [5, 5.41) is 4.12. The molecular formula is C21H18N4O2. The summed E-state index contributed by atoms with van der Waals surface area (Å²) in [6, 6.07) is 18.4. The zero-order valence-corrected chi connectivity index (χ0v) is 14.7. The van der Waals surface area contributed by atoms with E-state index < -0.39 is 6.04 Å². The molecule has 6 heteroatoms. The van der Waals surface area contributed by atoms with Crippen LogP contribution in [0.2, 0.25) is 0 Å². The molecule has 0 aliphatic carbocycles. The number of nitrogens with zero attached hydrogens (tertiary/aromatic N) is 2. The third-order valence-electron chi connectivity index (χ3n) is 4.39. The molecule has 27 heavy (non-hydrogen) atoms. The van der Waals surface area contributed by atoms with E-state index in [0.717, 1.165) is 16.5 Å². The van der Waals surface area contributed by atoms with Crippen LogP contribution >= 0.6 is 0 Å². The molecule has 0 fully saturated rings. The minimum absolute atomic E-state index is 0.0452. The summed E-state index contributed by atoms with van der Waals surface area (Å²) in [5.41, 5.74) is 2.41. The van der Waals surface area contributed by atoms with Gasteiger partial charge in [0.05, 0.1) is 7.11 Å². The molecule has 0 aliphatic rings. The molecule has 4 rings (SSSR count). The average molecular weight is 358 g/mol. The number of rotatable bonds is 6. The average Bonchev–Trinajstić information content (AvgIpc) is 3.16. The lowest BCUT2D eigenvalue weighted by Crippen LogP contribution is -2.21. The van der Waals surface area contributed by atoms with E-state index in [2.05, 4.69) is 20.3 Å². The SMILES string of the molecule is COc1cc(NC(C(=O)c2c[nH]c3ccccc23)c2ccccc2)ncn1. The highest BCUT2D eigenvalue weighted by molar-refractivity contribution is 6.11. The number of carbonyl (C=O) groups is 1. The fourth-order valence-electron chi connectivity index (χ4n) is 3.05. The highest BCUT2D eigenvalue weighted by atomic mass is 16.5. The summed E-state index contributed by atoms with van der Waals surface area (Å²) in [6.07, 6.45) is 3.16. The summed E-state index contributed by atoms with van der Waals surface area (Å²) >= 11 is 0. The molecule has 2 heterocycles. The molecule has 0 radical (unpaired) electrons. The molecule has 4 aromatic rings. The van der Waals surface area contributed by atoms with E-state index in [1.807, 2.05) is 54.6 Å². The standard InChI is InChI=1S/C21H18N4O2/c1-27-19-11-18(23-13-24-19)25-20(14-7-3-2-4-8-14)21(26)16-12-22-17-10-6-5-9-15(16)17/h2-13,20,22H,1H3,(H,23,24,25). The topological polar surface area (TPSA) is 79.9 Å². The van der Waals surface area contributed by atoms with Crippen molar-refractivity contribution in [3.05, 3.63) is 84.3 Å². The lowest BCUT2D eigenvalue weighted by molar-refractivity contribution is 0.0971. The molecule has 1 unspecified atom stereocenters. The Kier molecular flexibility index (Phi) is 4.53. The van der Waals surface area contributed by atoms with Crippen molar-refractivity contribution < 1.29 is 9.53 Å². The number of hydrogen-bond acceptors (Lipinski definition) is 5. The van der Waals surface area contributed by atoms with Crippen LogP contribution in [0.15, 0.2) is 73.2 Å². The number of nitrogens with one attached hydrogen (secondary N) is 2. The number of carbonyl (C=O) groups excluding carboxylic acids is 1. The Balaban J connectivity index is 1.74. The van der Waals surface area contributed by atoms with Gasteiger partial charge < -0.3 is 15.0 Å². The first-order valence-electron chi connectivity index (χ1n) is 8.54. The predicted molar refractivity (Wildman–Crippen MR) is 104 cm³/mol. The van der Waals surface area contributed by atoms with Crippen LogP contribution in [0.3, 0.4) is 0 Å². The van der Waals surface area contributed by atoms with Crippen molar-refractivity contribution in [1.82, 2.24) is 15.0 Å². The zero-order chi connectivity index (χ0) is 18.6. The molecule has 0 amide bonds. The number of fused-ring (bicyclic) bond motifs is 1. The Morgan fingerprint density at radius 1 is 1.07 bits per heavy atom. The summed E-state index contributed by atoms with van der Waals surface area (Å²) in [4.78, 5) is 24.8. The maximum absolute atomic E-state index is 13.4. The molecule has 2 N–H and O–H groups in total. The van der Waals surface area contributed by atoms with E-state index in [4.69, 9.17) is 4.74 Å². The van der Waals surface area contributed by atoms with Crippen LogP contribution < -0.4 is 10.1 Å². The molecule has 2 aromatic heterocycles. The van der Waals surface area contributed by atoms with Crippen LogP contribution in [-0.2, 0) is 0 Å². The number of aromatic nitrogens is 3. The number of Topliss-reactive ketones (excluding diaryl/α,β-unsaturated/α-hetero) is 1. The second-order valence-corrected chi connectivity index (χ2v) is 6.05. The van der Waals surface area contributed by atoms with Gasteiger partial charge in [0.2, 0.25) is 5.88 Å². The minimum Gasteiger partial charge on any atom is -0.481 e. The van der Waals surface area contributed by atoms with E-state index in [0.29, 0.717) is 17.3 Å². The van der Waals surface area contributed by atoms with E-state index in [-0.39, 0.29) is 5.78 Å². The van der Waals surface area contributed by atoms with E-state index in [9.17, 15) is 4.79 Å². The maximum Gasteiger partial charge on any atom is 0.218 e. The number of benzene rings is 2. The number of aromatic amines is 1. The van der Waals surface area contributed by atoms with Gasteiger partial charge in [-0.25, -0.2) is 9.97 Å². The Labute approximate surface area is 156 Å². The van der Waals surface area contributed by atoms with Crippen molar-refractivity contribution in [3.8, 4) is 5.88 Å². The van der Waals surface area contributed by atoms with Crippen LogP contribution in [0.4, 0.5) is 5.82 Å². The molecule has 0 saturated carbocycles. The van der Waals surface area contributed by atoms with Crippen LogP contribution in [0.5, 0.6) is 5.88 Å². The van der Waals surface area contributed by atoms with Crippen molar-refractivity contribution in [2.45, 2.75) is 6.04 Å². The first-order chi connectivity index (χ1) is 13.3. The quantitative estimate of drug-likeness (QED) is 0.509. The fourth-order valence-corrected chi connectivity index (χ4v) is 3.05. The maximum atomic E-state index is 13.4. The van der Waals surface area contributed by atoms with Gasteiger partial charge in [-0.15, -0.1) is 0 Å². The third-order valence-corrected chi connectivity index (χ3v) is 4.39. The second-order valence-electron chi connectivity index (χ2n) is 6.05. The van der Waals surface area contributed by atoms with Gasteiger partial charge in [0.15, 0.2) is 5.78 Å². The predicted octanol–water partition coefficient (Wildman–Crippen LogP) is 4.00. The van der Waals surface area contributed by atoms with Crippen molar-refractivity contribution in [2.75, 3.05) is 12.4 Å². The summed E-state index contributed by atoms with van der Waals surface area (Å²) < 4.78 is 5.15. The smallest absolute Gasteiger partial charge is 0.218 e. The fraction of sp³-hybridized carbons (Fsp3) is 0.0952. The van der Waals surface area contributed by atoms with Crippen LogP contribution in [0, 0.1) is 0 Å². The third kappa shape index (κ3) is 3.37. The van der Waals surface area contributed by atoms with Crippen LogP contribution in [-0.4, -0.2) is 27.8 Å². The second kappa shape index (κ2) is 7.29. The molecule has 0 spiro atoms. The van der Waals surface area contributed by atoms with Gasteiger partial charge in [-0.2, -0.15) is 0 Å². The van der Waals surface area contributed by atoms with Crippen molar-refractivity contribution >= 4 is 22.5 Å². The van der Waals surface area contributed by atoms with Gasteiger partial charge in [-0.05, 0) is 11.6 Å². The molecule has 2 aromatic carbocycles. The Morgan fingerprint density at radius 3 is 2.67 bits per heavy atom. The van der Waals surface area contributed by atoms with Gasteiger partial charge in [0, 0.05) is 28.7 Å². The number of ether oxygens (including phenoxy) is 1. The highest BCUT2D eigenvalue weighted by Gasteiger charge is 2.25. The number of ketones is 1. The number of methoxy groups -OCH3 is 1. The highest BCUT2D eigenvalue weighted by Crippen LogP contribution is 2.27. The van der Waals surface area contributed by atoms with E-state index in [1.54, 1.807) is 12.3 Å². The largest absolute Gasteiger partial charge is 0.481 e. The first-order valence-corrected chi connectivity index (χ1v) is 8.54. The summed E-state index contributed by atoms with van der Waals surface area (Å²) in [6.45, 7) is 0. The van der Waals surface area contributed by atoms with Crippen molar-refractivity contribution in [3.63, 3.8) is 0 Å². The molecule has 0 aliphatic heterocycles. The Morgan fingerprint density at radius 2 is 1.85 bits per heavy atom. The van der Waals surface area contributed by atoms with Crippen LogP contribution in [0.25, 0.3) is 10.9 Å². The van der Waals surface area contributed by atoms with E-state index >= 15 is 0 Å². The zero-order valence-electron chi connectivity index (χ0n) is 14.7. The minimum atomic E-state index is -0.593. The van der Waals surface area contributed by atoms with E-state index in [1.165, 1.54) is 13.4 Å². The number of para-hydroxylation sites is 1. The molecular weight excluding hydrogens is 340 g/mol. The Hall–Kier alpha value is -3.67. The number of anilines is 1. The molecule has 1 atom stereocenters. The number of hydrogen-bond donors (Lipinski definition) is 2. The normalized spacial score (nSPS) is 11.9. The monoisotopic (exact) mass is 358 g/mol. The molecule has 0 bridgehead atoms. The summed E-state index contributed by atoms with van der Waals surface area (Å²) in [5.74, 6) is 0.902. The van der Waals surface area contributed by atoms with Gasteiger partial charge >= 0.3 is 0 Å². The summed E-state index contributed by atoms with van der Waals surface area (Å²) in [7, 11) is 1.54.